The van der Waals surface area contributed by atoms with Gasteiger partial charge >= 0.3 is 0 Å². The lowest BCUT2D eigenvalue weighted by molar-refractivity contribution is -0.0383. The summed E-state index contributed by atoms with van der Waals surface area (Å²) < 4.78 is 22.1. The Labute approximate surface area is 211 Å². The highest BCUT2D eigenvalue weighted by molar-refractivity contribution is 5.78. The molecule has 7 rings (SSSR count). The van der Waals surface area contributed by atoms with E-state index in [1.165, 1.54) is 0 Å². The minimum Gasteiger partial charge on any atom is -0.377 e. The number of hydrogen-bond donors (Lipinski definition) is 0. The summed E-state index contributed by atoms with van der Waals surface area (Å²) >= 11 is 0. The fraction of sp³-hybridized carbons (Fsp3) is 0.654. The fourth-order valence-corrected chi connectivity index (χ4v) is 6.23. The zero-order chi connectivity index (χ0) is 24.3. The van der Waals surface area contributed by atoms with Gasteiger partial charge < -0.3 is 24.0 Å². The molecule has 0 saturated carbocycles. The molecule has 7 heterocycles. The van der Waals surface area contributed by atoms with Crippen LogP contribution in [0.4, 0.5) is 11.6 Å². The molecular formula is C26H35N7O3. The van der Waals surface area contributed by atoms with Crippen molar-refractivity contribution in [3.8, 4) is 11.3 Å². The van der Waals surface area contributed by atoms with E-state index in [0.717, 1.165) is 86.9 Å². The topological polar surface area (TPSA) is 82.2 Å². The van der Waals surface area contributed by atoms with Crippen molar-refractivity contribution in [2.75, 3.05) is 49.3 Å². The second-order valence-corrected chi connectivity index (χ2v) is 11.1. The van der Waals surface area contributed by atoms with Gasteiger partial charge in [-0.3, -0.25) is 0 Å². The normalized spacial score (nSPS) is 28.2. The highest BCUT2D eigenvalue weighted by Crippen LogP contribution is 2.36. The van der Waals surface area contributed by atoms with E-state index in [9.17, 15) is 0 Å². The minimum absolute atomic E-state index is 0.0469. The molecule has 0 aromatic carbocycles. The molecule has 0 N–H and O–H groups in total. The zero-order valence-corrected chi connectivity index (χ0v) is 21.2. The molecule has 36 heavy (non-hydrogen) atoms. The number of hydrogen-bond acceptors (Lipinski definition) is 8. The number of aromatic nitrogens is 5. The van der Waals surface area contributed by atoms with Crippen LogP contribution in [0.3, 0.4) is 0 Å². The first-order chi connectivity index (χ1) is 17.6. The Kier molecular flexibility index (Phi) is 5.44. The average molecular weight is 494 g/mol. The zero-order valence-electron chi connectivity index (χ0n) is 21.2. The van der Waals surface area contributed by atoms with Gasteiger partial charge in [0.2, 0.25) is 0 Å². The maximum Gasteiger partial charge on any atom is 0.169 e. The Balaban J connectivity index is 1.36. The van der Waals surface area contributed by atoms with Crippen molar-refractivity contribution in [1.29, 1.82) is 0 Å². The Morgan fingerprint density at radius 1 is 1.03 bits per heavy atom. The van der Waals surface area contributed by atoms with Gasteiger partial charge in [0.05, 0.1) is 48.4 Å². The summed E-state index contributed by atoms with van der Waals surface area (Å²) in [5.74, 6) is 2.04. The van der Waals surface area contributed by atoms with Crippen molar-refractivity contribution < 1.29 is 14.2 Å². The predicted molar refractivity (Wildman–Crippen MR) is 135 cm³/mol. The number of ether oxygens (including phenoxy) is 3. The number of morpholine rings is 2. The third-order valence-corrected chi connectivity index (χ3v) is 8.10. The van der Waals surface area contributed by atoms with Gasteiger partial charge in [-0.25, -0.2) is 9.67 Å². The molecule has 3 unspecified atom stereocenters. The van der Waals surface area contributed by atoms with E-state index in [1.807, 2.05) is 21.6 Å². The van der Waals surface area contributed by atoms with Crippen molar-refractivity contribution in [3.63, 3.8) is 0 Å². The first kappa shape index (κ1) is 22.5. The molecule has 4 fully saturated rings. The van der Waals surface area contributed by atoms with Gasteiger partial charge in [0.25, 0.3) is 0 Å². The third-order valence-electron chi connectivity index (χ3n) is 8.10. The van der Waals surface area contributed by atoms with Gasteiger partial charge in [-0.15, -0.1) is 0 Å². The van der Waals surface area contributed by atoms with Gasteiger partial charge in [-0.1, -0.05) is 0 Å². The van der Waals surface area contributed by atoms with E-state index in [4.69, 9.17) is 24.3 Å². The van der Waals surface area contributed by atoms with Crippen LogP contribution in [0.1, 0.15) is 52.2 Å². The second kappa shape index (κ2) is 8.71. The fourth-order valence-electron chi connectivity index (χ4n) is 6.23. The maximum absolute atomic E-state index is 6.13. The van der Waals surface area contributed by atoms with Crippen LogP contribution in [0.5, 0.6) is 0 Å². The monoisotopic (exact) mass is 493 g/mol. The van der Waals surface area contributed by atoms with E-state index < -0.39 is 0 Å². The van der Waals surface area contributed by atoms with Crippen molar-refractivity contribution in [1.82, 2.24) is 24.4 Å². The molecule has 3 aromatic heterocycles. The van der Waals surface area contributed by atoms with Gasteiger partial charge in [0, 0.05) is 38.5 Å². The predicted octanol–water partition coefficient (Wildman–Crippen LogP) is 3.27. The molecule has 10 heteroatoms. The summed E-state index contributed by atoms with van der Waals surface area (Å²) in [5, 5.41) is 9.53. The van der Waals surface area contributed by atoms with Crippen LogP contribution in [0.15, 0.2) is 24.5 Å². The van der Waals surface area contributed by atoms with Crippen LogP contribution < -0.4 is 9.80 Å². The molecule has 4 aliphatic rings. The molecule has 2 bridgehead atoms. The Bertz CT molecular complexity index is 1240. The van der Waals surface area contributed by atoms with Crippen molar-refractivity contribution in [2.24, 2.45) is 0 Å². The first-order valence-electron chi connectivity index (χ1n) is 13.4. The second-order valence-electron chi connectivity index (χ2n) is 11.1. The number of nitrogens with zero attached hydrogens (tertiary/aromatic N) is 7. The van der Waals surface area contributed by atoms with Crippen LogP contribution in [0, 0.1) is 0 Å². The summed E-state index contributed by atoms with van der Waals surface area (Å²) in [6.07, 6.45) is 9.81. The Hall–Kier alpha value is -2.69. The average Bonchev–Trinajstić information content (AvgIpc) is 3.62. The van der Waals surface area contributed by atoms with Crippen molar-refractivity contribution in [2.45, 2.75) is 69.9 Å². The quantitative estimate of drug-likeness (QED) is 0.548. The minimum atomic E-state index is -0.155. The number of fused-ring (bicyclic) bond motifs is 3. The van der Waals surface area contributed by atoms with Crippen LogP contribution in [-0.4, -0.2) is 81.6 Å². The Morgan fingerprint density at radius 2 is 1.89 bits per heavy atom. The van der Waals surface area contributed by atoms with Crippen LogP contribution in [-0.2, 0) is 14.2 Å². The van der Waals surface area contributed by atoms with E-state index in [0.29, 0.717) is 25.4 Å². The van der Waals surface area contributed by atoms with Crippen molar-refractivity contribution >= 4 is 17.3 Å². The lowest BCUT2D eigenvalue weighted by Gasteiger charge is -2.43. The molecule has 0 amide bonds. The SMILES string of the molecule is CC1(C)COCCN1c1cc(N2CC3CCC(C2)O3)nc2c(-c3ccnn3C3CCCCO3)cnn12. The summed E-state index contributed by atoms with van der Waals surface area (Å²) in [6.45, 7) is 9.17. The number of rotatable bonds is 4. The molecule has 10 nitrogen and oxygen atoms in total. The molecular weight excluding hydrogens is 458 g/mol. The molecule has 192 valence electrons. The van der Waals surface area contributed by atoms with Crippen LogP contribution in [0.2, 0.25) is 0 Å². The van der Waals surface area contributed by atoms with Crippen LogP contribution >= 0.6 is 0 Å². The van der Waals surface area contributed by atoms with Crippen LogP contribution in [0.25, 0.3) is 16.9 Å². The highest BCUT2D eigenvalue weighted by atomic mass is 16.5. The summed E-state index contributed by atoms with van der Waals surface area (Å²) in [7, 11) is 0. The summed E-state index contributed by atoms with van der Waals surface area (Å²) in [4.78, 5) is 10.1. The van der Waals surface area contributed by atoms with E-state index in [2.05, 4.69) is 40.9 Å². The molecule has 3 aromatic rings. The summed E-state index contributed by atoms with van der Waals surface area (Å²) in [6, 6.07) is 4.26. The first-order valence-corrected chi connectivity index (χ1v) is 13.4. The lowest BCUT2D eigenvalue weighted by Crippen LogP contribution is -2.54. The molecule has 0 aliphatic carbocycles. The number of anilines is 2. The van der Waals surface area contributed by atoms with E-state index in [-0.39, 0.29) is 11.8 Å². The largest absolute Gasteiger partial charge is 0.377 e. The maximum atomic E-state index is 6.13. The van der Waals surface area contributed by atoms with E-state index in [1.54, 1.807) is 0 Å². The highest BCUT2D eigenvalue weighted by Gasteiger charge is 2.37. The smallest absolute Gasteiger partial charge is 0.169 e. The third kappa shape index (κ3) is 3.77. The van der Waals surface area contributed by atoms with E-state index >= 15 is 0 Å². The molecule has 0 radical (unpaired) electrons. The van der Waals surface area contributed by atoms with Gasteiger partial charge in [-0.2, -0.15) is 14.7 Å². The van der Waals surface area contributed by atoms with Gasteiger partial charge in [-0.05, 0) is 52.0 Å². The summed E-state index contributed by atoms with van der Waals surface area (Å²) in [5.41, 5.74) is 2.67. The molecule has 3 atom stereocenters. The standard InChI is InChI=1S/C26H35N7O3/c1-26(2)17-34-12-10-31(26)23-13-22(30-15-18-6-7-19(16-30)36-18)29-25-20(14-28-33(23)25)21-8-9-27-32(21)24-5-3-4-11-35-24/h8-9,13-14,18-19,24H,3-7,10-12,15-17H2,1-2H3. The van der Waals surface area contributed by atoms with Gasteiger partial charge in [0.1, 0.15) is 11.6 Å². The lowest BCUT2D eigenvalue weighted by atomic mass is 10.0. The van der Waals surface area contributed by atoms with Crippen molar-refractivity contribution in [3.05, 3.63) is 24.5 Å². The van der Waals surface area contributed by atoms with Gasteiger partial charge in [0.15, 0.2) is 11.9 Å². The Morgan fingerprint density at radius 3 is 2.67 bits per heavy atom. The molecule has 0 spiro atoms. The molecule has 4 saturated heterocycles. The molecule has 4 aliphatic heterocycles.